The van der Waals surface area contributed by atoms with Crippen LogP contribution in [0.3, 0.4) is 0 Å². The highest BCUT2D eigenvalue weighted by atomic mass is 32.2. The van der Waals surface area contributed by atoms with Gasteiger partial charge in [-0.1, -0.05) is 0 Å². The minimum atomic E-state index is 0.367. The van der Waals surface area contributed by atoms with E-state index in [0.29, 0.717) is 22.1 Å². The van der Waals surface area contributed by atoms with Crippen LogP contribution in [-0.4, -0.2) is 34.6 Å². The topological polar surface area (TPSA) is 85.1 Å². The van der Waals surface area contributed by atoms with Crippen molar-refractivity contribution in [2.24, 2.45) is 5.84 Å². The van der Waals surface area contributed by atoms with Crippen molar-refractivity contribution >= 4 is 23.4 Å². The summed E-state index contributed by atoms with van der Waals surface area (Å²) < 4.78 is 5.62. The lowest BCUT2D eigenvalue weighted by Gasteiger charge is -2.16. The van der Waals surface area contributed by atoms with Gasteiger partial charge in [-0.25, -0.2) is 15.8 Å². The van der Waals surface area contributed by atoms with Gasteiger partial charge in [0, 0.05) is 11.3 Å². The van der Waals surface area contributed by atoms with Crippen molar-refractivity contribution in [1.29, 1.82) is 0 Å². The molecular formula is C10H17N5OS. The third-order valence-electron chi connectivity index (χ3n) is 2.96. The third kappa shape index (κ3) is 2.55. The van der Waals surface area contributed by atoms with Crippen molar-refractivity contribution in [3.8, 4) is 5.75 Å². The first-order chi connectivity index (χ1) is 8.24. The number of hydrogen-bond donors (Lipinski definition) is 3. The Morgan fingerprint density at radius 2 is 2.18 bits per heavy atom. The Bertz CT molecular complexity index is 396. The van der Waals surface area contributed by atoms with Crippen LogP contribution >= 0.6 is 11.8 Å². The fourth-order valence-electron chi connectivity index (χ4n) is 1.63. The number of hydrogen-bond acceptors (Lipinski definition) is 7. The van der Waals surface area contributed by atoms with Crippen LogP contribution in [0.2, 0.25) is 0 Å². The highest BCUT2D eigenvalue weighted by Crippen LogP contribution is 2.47. The van der Waals surface area contributed by atoms with Crippen LogP contribution in [-0.2, 0) is 0 Å². The second kappa shape index (κ2) is 4.97. The molecule has 1 aromatic heterocycles. The number of nitrogen functional groups attached to an aromatic ring is 1. The summed E-state index contributed by atoms with van der Waals surface area (Å²) in [5.74, 6) is 7.07. The van der Waals surface area contributed by atoms with Gasteiger partial charge in [-0.3, -0.25) is 0 Å². The van der Waals surface area contributed by atoms with Crippen LogP contribution in [0.15, 0.2) is 6.33 Å². The molecule has 7 heteroatoms. The second-order valence-corrected chi connectivity index (χ2v) is 5.26. The molecule has 0 radical (unpaired) electrons. The molecule has 1 saturated carbocycles. The van der Waals surface area contributed by atoms with Crippen molar-refractivity contribution < 1.29 is 4.74 Å². The Labute approximate surface area is 105 Å². The predicted molar refractivity (Wildman–Crippen MR) is 70.4 cm³/mol. The first-order valence-corrected chi connectivity index (χ1v) is 6.62. The Kier molecular flexibility index (Phi) is 3.58. The number of aromatic nitrogens is 2. The van der Waals surface area contributed by atoms with Gasteiger partial charge in [0.2, 0.25) is 5.75 Å². The molecule has 0 bridgehead atoms. The summed E-state index contributed by atoms with van der Waals surface area (Å²) in [4.78, 5) is 8.16. The largest absolute Gasteiger partial charge is 0.490 e. The number of anilines is 2. The number of nitrogens with zero attached hydrogens (tertiary/aromatic N) is 2. The molecule has 1 aliphatic carbocycles. The van der Waals surface area contributed by atoms with Gasteiger partial charge in [0.05, 0.1) is 7.11 Å². The fourth-order valence-corrected chi connectivity index (χ4v) is 2.36. The summed E-state index contributed by atoms with van der Waals surface area (Å²) in [6.45, 7) is 0.881. The highest BCUT2D eigenvalue weighted by Gasteiger charge is 2.41. The lowest BCUT2D eigenvalue weighted by Crippen LogP contribution is -2.19. The van der Waals surface area contributed by atoms with Crippen molar-refractivity contribution in [2.75, 3.05) is 30.7 Å². The average molecular weight is 255 g/mol. The summed E-state index contributed by atoms with van der Waals surface area (Å²) in [7, 11) is 1.58. The maximum atomic E-state index is 5.36. The Hall–Kier alpha value is -1.21. The first kappa shape index (κ1) is 12.3. The van der Waals surface area contributed by atoms with Gasteiger partial charge in [0.25, 0.3) is 0 Å². The second-order valence-electron chi connectivity index (χ2n) is 3.99. The fraction of sp³-hybridized carbons (Fsp3) is 0.600. The highest BCUT2D eigenvalue weighted by molar-refractivity contribution is 8.00. The molecule has 2 rings (SSSR count). The molecule has 0 aromatic carbocycles. The van der Waals surface area contributed by atoms with Gasteiger partial charge in [-0.05, 0) is 19.1 Å². The van der Waals surface area contributed by atoms with E-state index in [4.69, 9.17) is 10.6 Å². The monoisotopic (exact) mass is 255 g/mol. The van der Waals surface area contributed by atoms with Crippen molar-refractivity contribution in [3.05, 3.63) is 6.33 Å². The molecule has 0 amide bonds. The zero-order valence-corrected chi connectivity index (χ0v) is 10.8. The van der Waals surface area contributed by atoms with Crippen molar-refractivity contribution in [2.45, 2.75) is 17.6 Å². The lowest BCUT2D eigenvalue weighted by atomic mass is 10.4. The molecule has 6 nitrogen and oxygen atoms in total. The minimum Gasteiger partial charge on any atom is -0.490 e. The SMILES string of the molecule is COc1c(NN)ncnc1NCC1(SC)CC1. The van der Waals surface area contributed by atoms with Crippen LogP contribution in [0, 0.1) is 0 Å². The van der Waals surface area contributed by atoms with Gasteiger partial charge in [0.1, 0.15) is 6.33 Å². The minimum absolute atomic E-state index is 0.367. The van der Waals surface area contributed by atoms with E-state index in [0.717, 1.165) is 6.54 Å². The lowest BCUT2D eigenvalue weighted by molar-refractivity contribution is 0.414. The summed E-state index contributed by atoms with van der Waals surface area (Å²) in [5.41, 5.74) is 2.49. The molecule has 1 heterocycles. The van der Waals surface area contributed by atoms with Gasteiger partial charge in [-0.2, -0.15) is 11.8 Å². The van der Waals surface area contributed by atoms with Crippen molar-refractivity contribution in [1.82, 2.24) is 9.97 Å². The zero-order valence-electron chi connectivity index (χ0n) is 9.99. The number of nitrogens with two attached hydrogens (primary N) is 1. The molecule has 1 aliphatic rings. The van der Waals surface area contributed by atoms with E-state index < -0.39 is 0 Å². The summed E-state index contributed by atoms with van der Waals surface area (Å²) in [6.07, 6.45) is 6.09. The van der Waals surface area contributed by atoms with E-state index in [1.54, 1.807) is 7.11 Å². The van der Waals surface area contributed by atoms with Gasteiger partial charge in [-0.15, -0.1) is 0 Å². The van der Waals surface area contributed by atoms with E-state index in [2.05, 4.69) is 27.0 Å². The zero-order chi connectivity index (χ0) is 12.3. The molecule has 4 N–H and O–H groups in total. The van der Waals surface area contributed by atoms with Gasteiger partial charge >= 0.3 is 0 Å². The Morgan fingerprint density at radius 3 is 2.71 bits per heavy atom. The number of thioether (sulfide) groups is 1. The molecule has 0 saturated heterocycles. The standard InChI is InChI=1S/C10H17N5OS/c1-16-7-8(13-6-14-9(7)15-11)12-5-10(17-2)3-4-10/h6H,3-5,11H2,1-2H3,(H2,12,13,14,15). The van der Waals surface area contributed by atoms with Crippen LogP contribution in [0.25, 0.3) is 0 Å². The van der Waals surface area contributed by atoms with Crippen LogP contribution < -0.4 is 21.3 Å². The smallest absolute Gasteiger partial charge is 0.205 e. The summed E-state index contributed by atoms with van der Waals surface area (Å²) in [6, 6.07) is 0. The van der Waals surface area contributed by atoms with E-state index >= 15 is 0 Å². The predicted octanol–water partition coefficient (Wildman–Crippen LogP) is 1.08. The molecule has 94 valence electrons. The molecule has 1 fully saturated rings. The third-order valence-corrected chi connectivity index (χ3v) is 4.38. The summed E-state index contributed by atoms with van der Waals surface area (Å²) in [5, 5.41) is 3.30. The van der Waals surface area contributed by atoms with E-state index in [9.17, 15) is 0 Å². The molecule has 0 aliphatic heterocycles. The number of methoxy groups -OCH3 is 1. The molecule has 0 spiro atoms. The average Bonchev–Trinajstić information content (AvgIpc) is 3.16. The molecule has 1 aromatic rings. The van der Waals surface area contributed by atoms with Crippen LogP contribution in [0.4, 0.5) is 11.6 Å². The maximum Gasteiger partial charge on any atom is 0.205 e. The van der Waals surface area contributed by atoms with Crippen LogP contribution in [0.1, 0.15) is 12.8 Å². The number of rotatable bonds is 6. The first-order valence-electron chi connectivity index (χ1n) is 5.39. The van der Waals surface area contributed by atoms with E-state index in [1.807, 2.05) is 11.8 Å². The quantitative estimate of drug-likeness (QED) is 0.518. The van der Waals surface area contributed by atoms with Gasteiger partial charge < -0.3 is 15.5 Å². The maximum absolute atomic E-state index is 5.36. The van der Waals surface area contributed by atoms with E-state index in [1.165, 1.54) is 19.2 Å². The Morgan fingerprint density at radius 1 is 1.47 bits per heavy atom. The normalized spacial score (nSPS) is 16.4. The molecular weight excluding hydrogens is 238 g/mol. The van der Waals surface area contributed by atoms with Crippen LogP contribution in [0.5, 0.6) is 5.75 Å². The number of ether oxygens (including phenoxy) is 1. The van der Waals surface area contributed by atoms with E-state index in [-0.39, 0.29) is 0 Å². The summed E-state index contributed by atoms with van der Waals surface area (Å²) >= 11 is 1.89. The Balaban J connectivity index is 2.09. The van der Waals surface area contributed by atoms with Crippen molar-refractivity contribution in [3.63, 3.8) is 0 Å². The number of hydrazine groups is 1. The molecule has 0 atom stereocenters. The molecule has 17 heavy (non-hydrogen) atoms. The van der Waals surface area contributed by atoms with Gasteiger partial charge in [0.15, 0.2) is 11.6 Å². The number of nitrogens with one attached hydrogen (secondary N) is 2. The molecule has 0 unspecified atom stereocenters.